The Morgan fingerprint density at radius 1 is 1.33 bits per heavy atom. The van der Waals surface area contributed by atoms with E-state index >= 15 is 0 Å². The second-order valence-electron chi connectivity index (χ2n) is 7.57. The van der Waals surface area contributed by atoms with Crippen molar-refractivity contribution in [2.75, 3.05) is 45.9 Å². The number of nitrogens with zero attached hydrogens (tertiary/aromatic N) is 2. The van der Waals surface area contributed by atoms with Crippen LogP contribution in [-0.2, 0) is 9.47 Å². The lowest BCUT2D eigenvalue weighted by molar-refractivity contribution is -0.0325. The van der Waals surface area contributed by atoms with E-state index in [9.17, 15) is 4.79 Å². The lowest BCUT2D eigenvalue weighted by Crippen LogP contribution is -2.55. The number of carbonyl (C=O) groups is 1. The maximum absolute atomic E-state index is 12.4. The largest absolute Gasteiger partial charge is 0.444 e. The average Bonchev–Trinajstić information content (AvgIpc) is 2.53. The van der Waals surface area contributed by atoms with Gasteiger partial charge in [0.15, 0.2) is 0 Å². The Labute approximate surface area is 145 Å². The Kier molecular flexibility index (Phi) is 6.90. The molecular formula is C18H31N3O3. The standard InChI is InChI=1S/C18H31N3O3/c1-5-8-20-9-6-15(7-10-20)19-13-16-14-23-12-11-21(16)17(22)24-18(2,3)4/h1,15-16,19H,6-14H2,2-4H3. The number of likely N-dealkylation sites (tertiary alicyclic amines) is 1. The first kappa shape index (κ1) is 19.0. The van der Waals surface area contributed by atoms with Crippen molar-refractivity contribution in [2.24, 2.45) is 0 Å². The van der Waals surface area contributed by atoms with Crippen LogP contribution < -0.4 is 5.32 Å². The van der Waals surface area contributed by atoms with Gasteiger partial charge in [-0.05, 0) is 33.6 Å². The van der Waals surface area contributed by atoms with Crippen molar-refractivity contribution in [1.82, 2.24) is 15.1 Å². The minimum atomic E-state index is -0.475. The van der Waals surface area contributed by atoms with Crippen molar-refractivity contribution in [3.63, 3.8) is 0 Å². The molecule has 136 valence electrons. The predicted octanol–water partition coefficient (Wildman–Crippen LogP) is 1.31. The van der Waals surface area contributed by atoms with Gasteiger partial charge in [-0.15, -0.1) is 6.42 Å². The highest BCUT2D eigenvalue weighted by molar-refractivity contribution is 5.68. The number of piperidine rings is 1. The van der Waals surface area contributed by atoms with Gasteiger partial charge in [-0.1, -0.05) is 5.92 Å². The summed E-state index contributed by atoms with van der Waals surface area (Å²) in [6.45, 7) is 10.9. The lowest BCUT2D eigenvalue weighted by atomic mass is 10.0. The summed E-state index contributed by atoms with van der Waals surface area (Å²) in [6, 6.07) is 0.499. The van der Waals surface area contributed by atoms with Crippen LogP contribution in [0.3, 0.4) is 0 Å². The number of morpholine rings is 1. The van der Waals surface area contributed by atoms with Crippen LogP contribution in [0.1, 0.15) is 33.6 Å². The zero-order valence-corrected chi connectivity index (χ0v) is 15.2. The topological polar surface area (TPSA) is 54.0 Å². The minimum absolute atomic E-state index is 0.0253. The number of carbonyl (C=O) groups excluding carboxylic acids is 1. The summed E-state index contributed by atoms with van der Waals surface area (Å²) in [5.74, 6) is 2.70. The molecule has 0 aliphatic carbocycles. The van der Waals surface area contributed by atoms with E-state index in [0.29, 0.717) is 25.8 Å². The maximum atomic E-state index is 12.4. The van der Waals surface area contributed by atoms with Crippen LogP contribution in [0.4, 0.5) is 4.79 Å². The molecule has 24 heavy (non-hydrogen) atoms. The van der Waals surface area contributed by atoms with Gasteiger partial charge in [0, 0.05) is 32.2 Å². The first-order valence-electron chi connectivity index (χ1n) is 8.85. The van der Waals surface area contributed by atoms with Crippen molar-refractivity contribution < 1.29 is 14.3 Å². The number of amides is 1. The van der Waals surface area contributed by atoms with Crippen molar-refractivity contribution in [2.45, 2.75) is 51.3 Å². The van der Waals surface area contributed by atoms with Gasteiger partial charge in [-0.25, -0.2) is 4.79 Å². The summed E-state index contributed by atoms with van der Waals surface area (Å²) in [5, 5.41) is 3.59. The van der Waals surface area contributed by atoms with Gasteiger partial charge in [-0.2, -0.15) is 0 Å². The number of terminal acetylenes is 1. The van der Waals surface area contributed by atoms with Crippen LogP contribution in [0, 0.1) is 12.3 Å². The molecule has 2 saturated heterocycles. The van der Waals surface area contributed by atoms with E-state index in [1.54, 1.807) is 4.90 Å². The predicted molar refractivity (Wildman–Crippen MR) is 93.8 cm³/mol. The van der Waals surface area contributed by atoms with Crippen molar-refractivity contribution in [3.05, 3.63) is 0 Å². The second kappa shape index (κ2) is 8.70. The van der Waals surface area contributed by atoms with Crippen molar-refractivity contribution in [3.8, 4) is 12.3 Å². The van der Waals surface area contributed by atoms with Gasteiger partial charge < -0.3 is 14.8 Å². The molecule has 6 nitrogen and oxygen atoms in total. The number of rotatable bonds is 4. The third kappa shape index (κ3) is 5.97. The molecule has 0 saturated carbocycles. The van der Waals surface area contributed by atoms with E-state index in [0.717, 1.165) is 39.0 Å². The third-order valence-corrected chi connectivity index (χ3v) is 4.40. The number of ether oxygens (including phenoxy) is 2. The molecule has 1 N–H and O–H groups in total. The fourth-order valence-corrected chi connectivity index (χ4v) is 3.11. The molecule has 2 aliphatic rings. The van der Waals surface area contributed by atoms with Crippen LogP contribution in [0.2, 0.25) is 0 Å². The molecule has 2 rings (SSSR count). The zero-order valence-electron chi connectivity index (χ0n) is 15.2. The Balaban J connectivity index is 1.79. The SMILES string of the molecule is C#CCN1CCC(NCC2COCCN2C(=O)OC(C)(C)C)CC1. The van der Waals surface area contributed by atoms with Gasteiger partial charge in [0.2, 0.25) is 0 Å². The molecule has 0 bridgehead atoms. The third-order valence-electron chi connectivity index (χ3n) is 4.40. The van der Waals surface area contributed by atoms with Crippen molar-refractivity contribution in [1.29, 1.82) is 0 Å². The highest BCUT2D eigenvalue weighted by atomic mass is 16.6. The van der Waals surface area contributed by atoms with Crippen LogP contribution >= 0.6 is 0 Å². The summed E-state index contributed by atoms with van der Waals surface area (Å²) >= 11 is 0. The molecule has 2 aliphatic heterocycles. The number of hydrogen-bond donors (Lipinski definition) is 1. The van der Waals surface area contributed by atoms with Crippen LogP contribution in [-0.4, -0.2) is 79.5 Å². The van der Waals surface area contributed by atoms with E-state index < -0.39 is 5.60 Å². The van der Waals surface area contributed by atoms with E-state index in [-0.39, 0.29) is 12.1 Å². The van der Waals surface area contributed by atoms with Gasteiger partial charge in [0.05, 0.1) is 25.8 Å². The highest BCUT2D eigenvalue weighted by Crippen LogP contribution is 2.15. The van der Waals surface area contributed by atoms with E-state index in [4.69, 9.17) is 15.9 Å². The first-order valence-corrected chi connectivity index (χ1v) is 8.85. The Morgan fingerprint density at radius 2 is 2.04 bits per heavy atom. The molecule has 0 spiro atoms. The lowest BCUT2D eigenvalue weighted by Gasteiger charge is -2.38. The molecule has 0 radical (unpaired) electrons. The second-order valence-corrected chi connectivity index (χ2v) is 7.57. The van der Waals surface area contributed by atoms with Gasteiger partial charge >= 0.3 is 6.09 Å². The Hall–Kier alpha value is -1.29. The molecule has 2 fully saturated rings. The van der Waals surface area contributed by atoms with E-state index in [2.05, 4.69) is 16.1 Å². The Bertz CT molecular complexity index is 447. The highest BCUT2D eigenvalue weighted by Gasteiger charge is 2.31. The molecule has 6 heteroatoms. The Morgan fingerprint density at radius 3 is 2.67 bits per heavy atom. The molecule has 1 atom stereocenters. The number of nitrogens with one attached hydrogen (secondary N) is 1. The number of hydrogen-bond acceptors (Lipinski definition) is 5. The smallest absolute Gasteiger partial charge is 0.410 e. The normalized spacial score (nSPS) is 23.8. The molecule has 0 aromatic rings. The van der Waals surface area contributed by atoms with E-state index in [1.807, 2.05) is 20.8 Å². The first-order chi connectivity index (χ1) is 11.4. The van der Waals surface area contributed by atoms with Crippen LogP contribution in [0.25, 0.3) is 0 Å². The average molecular weight is 337 g/mol. The summed E-state index contributed by atoms with van der Waals surface area (Å²) in [7, 11) is 0. The molecule has 1 unspecified atom stereocenters. The fourth-order valence-electron chi connectivity index (χ4n) is 3.11. The van der Waals surface area contributed by atoms with E-state index in [1.165, 1.54) is 0 Å². The summed E-state index contributed by atoms with van der Waals surface area (Å²) in [4.78, 5) is 16.5. The summed E-state index contributed by atoms with van der Waals surface area (Å²) < 4.78 is 11.1. The fraction of sp³-hybridized carbons (Fsp3) is 0.833. The molecular weight excluding hydrogens is 306 g/mol. The monoisotopic (exact) mass is 337 g/mol. The molecule has 1 amide bonds. The molecule has 0 aromatic carbocycles. The summed E-state index contributed by atoms with van der Waals surface area (Å²) in [5.41, 5.74) is -0.475. The van der Waals surface area contributed by atoms with Gasteiger partial charge in [-0.3, -0.25) is 9.80 Å². The van der Waals surface area contributed by atoms with Crippen molar-refractivity contribution >= 4 is 6.09 Å². The van der Waals surface area contributed by atoms with Crippen LogP contribution in [0.15, 0.2) is 0 Å². The quantitative estimate of drug-likeness (QED) is 0.784. The van der Waals surface area contributed by atoms with Gasteiger partial charge in [0.25, 0.3) is 0 Å². The maximum Gasteiger partial charge on any atom is 0.410 e. The molecule has 0 aromatic heterocycles. The summed E-state index contributed by atoms with van der Waals surface area (Å²) in [6.07, 6.45) is 7.29. The van der Waals surface area contributed by atoms with Crippen LogP contribution in [0.5, 0.6) is 0 Å². The minimum Gasteiger partial charge on any atom is -0.444 e. The van der Waals surface area contributed by atoms with Gasteiger partial charge in [0.1, 0.15) is 5.60 Å². The molecule has 2 heterocycles. The zero-order chi connectivity index (χ0) is 17.6.